The van der Waals surface area contributed by atoms with Gasteiger partial charge in [-0.3, -0.25) is 14.7 Å². The quantitative estimate of drug-likeness (QED) is 0.250. The molecular formula is C26H23F2N5O4. The molecule has 0 aliphatic heterocycles. The summed E-state index contributed by atoms with van der Waals surface area (Å²) in [4.78, 5) is 29.8. The molecule has 0 spiro atoms. The second-order valence-electron chi connectivity index (χ2n) is 8.78. The first-order chi connectivity index (χ1) is 17.9. The van der Waals surface area contributed by atoms with Gasteiger partial charge < -0.3 is 20.5 Å². The number of nitrogens with one attached hydrogen (secondary N) is 3. The van der Waals surface area contributed by atoms with E-state index in [1.54, 1.807) is 6.07 Å². The van der Waals surface area contributed by atoms with Crippen LogP contribution in [-0.2, 0) is 16.0 Å². The molecule has 190 valence electrons. The number of aromatic nitrogens is 3. The number of fused-ring (bicyclic) bond motifs is 1. The third kappa shape index (κ3) is 4.98. The monoisotopic (exact) mass is 507 g/mol. The summed E-state index contributed by atoms with van der Waals surface area (Å²) >= 11 is 0. The molecule has 0 saturated heterocycles. The zero-order chi connectivity index (χ0) is 26.0. The van der Waals surface area contributed by atoms with Crippen LogP contribution in [0, 0.1) is 17.0 Å². The molecule has 0 radical (unpaired) electrons. The van der Waals surface area contributed by atoms with Gasteiger partial charge in [-0.15, -0.1) is 0 Å². The van der Waals surface area contributed by atoms with Crippen molar-refractivity contribution in [3.63, 3.8) is 0 Å². The van der Waals surface area contributed by atoms with E-state index in [9.17, 15) is 18.4 Å². The minimum Gasteiger partial charge on any atom is -0.453 e. The van der Waals surface area contributed by atoms with Crippen LogP contribution < -0.4 is 15.4 Å². The van der Waals surface area contributed by atoms with Crippen LogP contribution in [0.2, 0.25) is 0 Å². The number of aryl methyl sites for hydroxylation is 1. The van der Waals surface area contributed by atoms with Gasteiger partial charge in [0.1, 0.15) is 17.0 Å². The summed E-state index contributed by atoms with van der Waals surface area (Å²) in [7, 11) is 0. The number of carbonyl (C=O) groups excluding carboxylic acids is 2. The number of anilines is 2. The number of hydrogen-bond acceptors (Lipinski definition) is 6. The fourth-order valence-electron chi connectivity index (χ4n) is 4.00. The number of hydrogen-bond donors (Lipinski definition) is 4. The molecule has 37 heavy (non-hydrogen) atoms. The number of H-pyrrole nitrogens is 1. The molecule has 5 rings (SSSR count). The molecule has 1 aliphatic rings. The van der Waals surface area contributed by atoms with Crippen LogP contribution >= 0.6 is 0 Å². The Balaban J connectivity index is 1.29. The van der Waals surface area contributed by atoms with Gasteiger partial charge in [0.15, 0.2) is 17.2 Å². The Labute approximate surface area is 209 Å². The molecule has 1 fully saturated rings. The fourth-order valence-corrected chi connectivity index (χ4v) is 4.00. The lowest BCUT2D eigenvalue weighted by atomic mass is 10.0. The third-order valence-electron chi connectivity index (χ3n) is 6.21. The highest BCUT2D eigenvalue weighted by Gasteiger charge is 2.56. The Morgan fingerprint density at radius 3 is 2.38 bits per heavy atom. The maximum absolute atomic E-state index is 14.9. The Morgan fingerprint density at radius 2 is 1.70 bits per heavy atom. The zero-order valence-corrected chi connectivity index (χ0v) is 19.6. The van der Waals surface area contributed by atoms with E-state index < -0.39 is 28.9 Å². The van der Waals surface area contributed by atoms with Crippen molar-refractivity contribution in [1.29, 1.82) is 0 Å². The third-order valence-corrected chi connectivity index (χ3v) is 6.21. The van der Waals surface area contributed by atoms with Crippen LogP contribution in [0.4, 0.5) is 20.2 Å². The Hall–Kier alpha value is -4.38. The summed E-state index contributed by atoms with van der Waals surface area (Å²) in [5, 5.41) is 22.0. The highest BCUT2D eigenvalue weighted by Crippen LogP contribution is 2.47. The smallest absolute Gasteiger partial charge is 0.240 e. The van der Waals surface area contributed by atoms with Crippen LogP contribution in [0.15, 0.2) is 54.7 Å². The van der Waals surface area contributed by atoms with Crippen LogP contribution in [0.5, 0.6) is 11.5 Å². The van der Waals surface area contributed by atoms with E-state index in [0.717, 1.165) is 6.07 Å². The largest absolute Gasteiger partial charge is 0.453 e. The Kier molecular flexibility index (Phi) is 6.53. The van der Waals surface area contributed by atoms with Crippen molar-refractivity contribution >= 4 is 34.2 Å². The van der Waals surface area contributed by atoms with Gasteiger partial charge in [0.2, 0.25) is 11.8 Å². The first-order valence-corrected chi connectivity index (χ1v) is 11.7. The van der Waals surface area contributed by atoms with Crippen molar-refractivity contribution in [3.05, 3.63) is 72.1 Å². The molecule has 1 saturated carbocycles. The molecule has 2 aromatic heterocycles. The van der Waals surface area contributed by atoms with Gasteiger partial charge >= 0.3 is 0 Å². The highest BCUT2D eigenvalue weighted by molar-refractivity contribution is 6.16. The normalized spacial score (nSPS) is 13.8. The Bertz CT molecular complexity index is 1470. The number of halogens is 2. The predicted octanol–water partition coefficient (Wildman–Crippen LogP) is 4.31. The van der Waals surface area contributed by atoms with Gasteiger partial charge in [0, 0.05) is 35.9 Å². The average Bonchev–Trinajstić information content (AvgIpc) is 3.61. The standard InChI is InChI=1S/C26H23F2N5O4/c27-15-3-5-16(6-4-15)30-24(35)26(10-11-26)25(36)31-17-7-8-20(18(28)14-17)37-21-9-12-29-23-22(21)19(32-33-23)2-1-13-34/h3-9,12,14,34H,1-2,10-11,13H2,(H,30,35)(H,31,36)(H,29,32,33). The minimum atomic E-state index is -1.27. The summed E-state index contributed by atoms with van der Waals surface area (Å²) in [5.41, 5.74) is 0.394. The molecular weight excluding hydrogens is 484 g/mol. The fraction of sp³-hybridized carbons (Fsp3) is 0.231. The van der Waals surface area contributed by atoms with Crippen molar-refractivity contribution in [1.82, 2.24) is 15.2 Å². The van der Waals surface area contributed by atoms with Crippen molar-refractivity contribution in [2.75, 3.05) is 17.2 Å². The number of nitrogens with zero attached hydrogens (tertiary/aromatic N) is 2. The van der Waals surface area contributed by atoms with Crippen LogP contribution in [0.25, 0.3) is 11.0 Å². The first kappa shape index (κ1) is 24.3. The number of pyridine rings is 1. The molecule has 4 N–H and O–H groups in total. The zero-order valence-electron chi connectivity index (χ0n) is 19.6. The summed E-state index contributed by atoms with van der Waals surface area (Å²) in [5.74, 6) is -1.94. The SMILES string of the molecule is O=C(Nc1ccc(F)cc1)C1(C(=O)Nc2ccc(Oc3ccnc4n[nH]c(CCCO)c34)c(F)c2)CC1. The van der Waals surface area contributed by atoms with E-state index in [4.69, 9.17) is 9.84 Å². The van der Waals surface area contributed by atoms with Crippen LogP contribution in [0.3, 0.4) is 0 Å². The lowest BCUT2D eigenvalue weighted by Gasteiger charge is -2.16. The number of aromatic amines is 1. The van der Waals surface area contributed by atoms with E-state index in [0.29, 0.717) is 53.8 Å². The molecule has 1 aliphatic carbocycles. The highest BCUT2D eigenvalue weighted by atomic mass is 19.1. The van der Waals surface area contributed by atoms with Gasteiger partial charge in [0.05, 0.1) is 5.39 Å². The molecule has 0 unspecified atom stereocenters. The Morgan fingerprint density at radius 1 is 1.00 bits per heavy atom. The van der Waals surface area contributed by atoms with Crippen molar-refractivity contribution in [2.24, 2.45) is 5.41 Å². The number of benzene rings is 2. The number of aliphatic hydroxyl groups excluding tert-OH is 1. The average molecular weight is 507 g/mol. The predicted molar refractivity (Wildman–Crippen MR) is 131 cm³/mol. The molecule has 4 aromatic rings. The second kappa shape index (κ2) is 9.94. The van der Waals surface area contributed by atoms with Gasteiger partial charge in [-0.05, 0) is 68.1 Å². The maximum atomic E-state index is 14.9. The number of aliphatic hydroxyl groups is 1. The van der Waals surface area contributed by atoms with Gasteiger partial charge in [-0.25, -0.2) is 13.8 Å². The molecule has 0 bridgehead atoms. The van der Waals surface area contributed by atoms with Crippen molar-refractivity contribution in [2.45, 2.75) is 25.7 Å². The summed E-state index contributed by atoms with van der Waals surface area (Å²) in [6, 6.07) is 10.8. The summed E-state index contributed by atoms with van der Waals surface area (Å²) < 4.78 is 33.9. The lowest BCUT2D eigenvalue weighted by molar-refractivity contribution is -0.131. The van der Waals surface area contributed by atoms with E-state index >= 15 is 0 Å². The minimum absolute atomic E-state index is 0.00790. The topological polar surface area (TPSA) is 129 Å². The maximum Gasteiger partial charge on any atom is 0.240 e. The van der Waals surface area contributed by atoms with Gasteiger partial charge in [-0.2, -0.15) is 5.10 Å². The van der Waals surface area contributed by atoms with E-state index in [-0.39, 0.29) is 18.0 Å². The van der Waals surface area contributed by atoms with E-state index in [2.05, 4.69) is 25.8 Å². The number of ether oxygens (including phenoxy) is 1. The first-order valence-electron chi connectivity index (χ1n) is 11.7. The van der Waals surface area contributed by atoms with Gasteiger partial charge in [-0.1, -0.05) is 0 Å². The van der Waals surface area contributed by atoms with Crippen LogP contribution in [0.1, 0.15) is 25.0 Å². The van der Waals surface area contributed by atoms with Crippen LogP contribution in [-0.4, -0.2) is 38.7 Å². The number of amides is 2. The second-order valence-corrected chi connectivity index (χ2v) is 8.78. The molecule has 2 aromatic carbocycles. The molecule has 11 heteroatoms. The summed E-state index contributed by atoms with van der Waals surface area (Å²) in [6.45, 7) is 0.00790. The van der Waals surface area contributed by atoms with Crippen molar-refractivity contribution < 1.29 is 28.2 Å². The van der Waals surface area contributed by atoms with Gasteiger partial charge in [0.25, 0.3) is 0 Å². The van der Waals surface area contributed by atoms with E-state index in [1.807, 2.05) is 0 Å². The number of rotatable bonds is 9. The number of carbonyl (C=O) groups is 2. The molecule has 9 nitrogen and oxygen atoms in total. The molecule has 2 amide bonds. The molecule has 2 heterocycles. The van der Waals surface area contributed by atoms with Crippen molar-refractivity contribution in [3.8, 4) is 11.5 Å². The lowest BCUT2D eigenvalue weighted by Crippen LogP contribution is -2.35. The summed E-state index contributed by atoms with van der Waals surface area (Å²) in [6.07, 6.45) is 3.21. The molecule has 0 atom stereocenters. The van der Waals surface area contributed by atoms with E-state index in [1.165, 1.54) is 42.6 Å².